The highest BCUT2D eigenvalue weighted by atomic mass is 16.3. The van der Waals surface area contributed by atoms with Crippen molar-refractivity contribution >= 4 is 0 Å². The minimum atomic E-state index is 1.08. The fourth-order valence-electron chi connectivity index (χ4n) is 1.96. The quantitative estimate of drug-likeness (QED) is 0.622. The van der Waals surface area contributed by atoms with Gasteiger partial charge in [-0.05, 0) is 34.9 Å². The highest BCUT2D eigenvalue weighted by Gasteiger charge is 2.06. The minimum absolute atomic E-state index is 1.08. The number of furan rings is 1. The first-order valence-corrected chi connectivity index (χ1v) is 5.53. The zero-order chi connectivity index (χ0) is 11.5. The summed E-state index contributed by atoms with van der Waals surface area (Å²) in [5.74, 6) is 0. The third-order valence-electron chi connectivity index (χ3n) is 2.78. The van der Waals surface area contributed by atoms with E-state index in [9.17, 15) is 0 Å². The van der Waals surface area contributed by atoms with Crippen LogP contribution in [0.1, 0.15) is 0 Å². The van der Waals surface area contributed by atoms with Crippen LogP contribution >= 0.6 is 0 Å². The van der Waals surface area contributed by atoms with Crippen LogP contribution in [0.5, 0.6) is 0 Å². The summed E-state index contributed by atoms with van der Waals surface area (Å²) in [6.45, 7) is 0. The first kappa shape index (κ1) is 9.91. The molecular weight excluding hydrogens is 208 g/mol. The molecule has 3 aromatic rings. The molecule has 0 aliphatic heterocycles. The average molecular weight is 219 g/mol. The molecule has 1 nitrogen and oxygen atoms in total. The van der Waals surface area contributed by atoms with Crippen molar-refractivity contribution in [1.82, 2.24) is 0 Å². The van der Waals surface area contributed by atoms with E-state index in [-0.39, 0.29) is 0 Å². The third-order valence-corrected chi connectivity index (χ3v) is 2.78. The molecule has 1 heterocycles. The highest BCUT2D eigenvalue weighted by Crippen LogP contribution is 2.31. The molecule has 1 aromatic heterocycles. The molecule has 0 atom stereocenters. The molecule has 0 unspecified atom stereocenters. The molecule has 0 aliphatic carbocycles. The van der Waals surface area contributed by atoms with E-state index in [1.165, 1.54) is 11.1 Å². The molecule has 17 heavy (non-hydrogen) atoms. The Morgan fingerprint density at radius 2 is 1.71 bits per heavy atom. The van der Waals surface area contributed by atoms with E-state index in [1.54, 1.807) is 12.5 Å². The second-order valence-corrected chi connectivity index (χ2v) is 3.85. The van der Waals surface area contributed by atoms with Gasteiger partial charge in [0.05, 0.1) is 12.5 Å². The largest absolute Gasteiger partial charge is 0.472 e. The van der Waals surface area contributed by atoms with Gasteiger partial charge < -0.3 is 4.42 Å². The van der Waals surface area contributed by atoms with Crippen LogP contribution in [0.2, 0.25) is 0 Å². The number of hydrogen-bond donors (Lipinski definition) is 0. The Morgan fingerprint density at radius 3 is 2.47 bits per heavy atom. The van der Waals surface area contributed by atoms with Crippen molar-refractivity contribution in [2.24, 2.45) is 0 Å². The molecule has 3 rings (SSSR count). The first-order chi connectivity index (χ1) is 8.45. The lowest BCUT2D eigenvalue weighted by molar-refractivity contribution is 0.568. The number of rotatable bonds is 2. The summed E-state index contributed by atoms with van der Waals surface area (Å²) in [5, 5.41) is 0. The van der Waals surface area contributed by atoms with Gasteiger partial charge in [0.15, 0.2) is 0 Å². The zero-order valence-corrected chi connectivity index (χ0v) is 9.26. The normalized spacial score (nSPS) is 10.4. The Kier molecular flexibility index (Phi) is 2.51. The van der Waals surface area contributed by atoms with Crippen molar-refractivity contribution in [3.05, 3.63) is 73.2 Å². The van der Waals surface area contributed by atoms with E-state index < -0.39 is 0 Å². The topological polar surface area (TPSA) is 13.1 Å². The van der Waals surface area contributed by atoms with Gasteiger partial charge in [0, 0.05) is 5.56 Å². The van der Waals surface area contributed by atoms with Gasteiger partial charge in [-0.25, -0.2) is 0 Å². The van der Waals surface area contributed by atoms with Crippen LogP contribution in [-0.2, 0) is 0 Å². The summed E-state index contributed by atoms with van der Waals surface area (Å²) in [5.41, 5.74) is 4.64. The van der Waals surface area contributed by atoms with E-state index in [4.69, 9.17) is 4.42 Å². The van der Waals surface area contributed by atoms with Crippen molar-refractivity contribution in [3.8, 4) is 22.3 Å². The lowest BCUT2D eigenvalue weighted by Gasteiger charge is -2.07. The standard InChI is InChI=1S/C16H11O/c1-2-6-13(7-3-1)15-8-4-5-9-16(15)14-10-11-17-12-14/h1-4,6-12H. The molecule has 0 fully saturated rings. The number of benzene rings is 2. The summed E-state index contributed by atoms with van der Waals surface area (Å²) in [6.07, 6.45) is 3.45. The van der Waals surface area contributed by atoms with Crippen molar-refractivity contribution in [2.75, 3.05) is 0 Å². The maximum Gasteiger partial charge on any atom is 0.0981 e. The average Bonchev–Trinajstić information content (AvgIpc) is 2.94. The van der Waals surface area contributed by atoms with Crippen LogP contribution in [0.15, 0.2) is 71.5 Å². The summed E-state index contributed by atoms with van der Waals surface area (Å²) < 4.78 is 5.15. The smallest absolute Gasteiger partial charge is 0.0981 e. The first-order valence-electron chi connectivity index (χ1n) is 5.53. The Labute approximate surface area is 100 Å². The molecule has 2 aromatic carbocycles. The molecule has 0 spiro atoms. The molecule has 1 heteroatoms. The van der Waals surface area contributed by atoms with Crippen LogP contribution < -0.4 is 0 Å². The van der Waals surface area contributed by atoms with Gasteiger partial charge in [0.1, 0.15) is 0 Å². The van der Waals surface area contributed by atoms with Crippen LogP contribution in [-0.4, -0.2) is 0 Å². The summed E-state index contributed by atoms with van der Waals surface area (Å²) in [6, 6.07) is 21.4. The molecule has 0 bridgehead atoms. The van der Waals surface area contributed by atoms with Crippen molar-refractivity contribution < 1.29 is 4.42 Å². The van der Waals surface area contributed by atoms with E-state index in [2.05, 4.69) is 24.3 Å². The fraction of sp³-hybridized carbons (Fsp3) is 0. The molecular formula is C16H11O. The molecule has 0 amide bonds. The molecule has 0 N–H and O–H groups in total. The van der Waals surface area contributed by atoms with Crippen LogP contribution in [0.4, 0.5) is 0 Å². The summed E-state index contributed by atoms with van der Waals surface area (Å²) >= 11 is 0. The second kappa shape index (κ2) is 4.30. The van der Waals surface area contributed by atoms with Crippen molar-refractivity contribution in [2.45, 2.75) is 0 Å². The van der Waals surface area contributed by atoms with Gasteiger partial charge in [0.25, 0.3) is 0 Å². The summed E-state index contributed by atoms with van der Waals surface area (Å²) in [7, 11) is 0. The highest BCUT2D eigenvalue weighted by molar-refractivity contribution is 5.82. The van der Waals surface area contributed by atoms with Crippen molar-refractivity contribution in [3.63, 3.8) is 0 Å². The van der Waals surface area contributed by atoms with Gasteiger partial charge >= 0.3 is 0 Å². The Bertz CT molecular complexity index is 594. The van der Waals surface area contributed by atoms with E-state index in [1.807, 2.05) is 36.4 Å². The van der Waals surface area contributed by atoms with E-state index >= 15 is 0 Å². The van der Waals surface area contributed by atoms with Gasteiger partial charge in [-0.15, -0.1) is 0 Å². The van der Waals surface area contributed by atoms with Gasteiger partial charge in [-0.3, -0.25) is 0 Å². The Morgan fingerprint density at radius 1 is 0.824 bits per heavy atom. The van der Waals surface area contributed by atoms with E-state index in [0.29, 0.717) is 0 Å². The van der Waals surface area contributed by atoms with Gasteiger partial charge in [0.2, 0.25) is 0 Å². The Hall–Kier alpha value is -2.28. The predicted octanol–water partition coefficient (Wildman–Crippen LogP) is 4.41. The maximum absolute atomic E-state index is 5.15. The second-order valence-electron chi connectivity index (χ2n) is 3.85. The monoisotopic (exact) mass is 219 g/mol. The molecule has 0 saturated heterocycles. The molecule has 1 radical (unpaired) electrons. The maximum atomic E-state index is 5.15. The zero-order valence-electron chi connectivity index (χ0n) is 9.26. The van der Waals surface area contributed by atoms with Crippen LogP contribution in [0, 0.1) is 6.07 Å². The lowest BCUT2D eigenvalue weighted by Crippen LogP contribution is -1.82. The lowest BCUT2D eigenvalue weighted by atomic mass is 9.96. The molecule has 0 aliphatic rings. The number of hydrogen-bond acceptors (Lipinski definition) is 1. The van der Waals surface area contributed by atoms with Gasteiger partial charge in [-0.1, -0.05) is 42.5 Å². The SMILES string of the molecule is [c]1ccc(-c2ccccc2)c(-c2ccoc2)c1. The van der Waals surface area contributed by atoms with Gasteiger partial charge in [-0.2, -0.15) is 0 Å². The minimum Gasteiger partial charge on any atom is -0.472 e. The third kappa shape index (κ3) is 1.87. The predicted molar refractivity (Wildman–Crippen MR) is 68.4 cm³/mol. The van der Waals surface area contributed by atoms with E-state index in [0.717, 1.165) is 11.1 Å². The Balaban J connectivity index is 2.18. The molecule has 0 saturated carbocycles. The van der Waals surface area contributed by atoms with Crippen LogP contribution in [0.3, 0.4) is 0 Å². The fourth-order valence-corrected chi connectivity index (χ4v) is 1.96. The molecule has 81 valence electrons. The van der Waals surface area contributed by atoms with Crippen molar-refractivity contribution in [1.29, 1.82) is 0 Å². The summed E-state index contributed by atoms with van der Waals surface area (Å²) in [4.78, 5) is 0. The van der Waals surface area contributed by atoms with Crippen LogP contribution in [0.25, 0.3) is 22.3 Å².